The Hall–Kier alpha value is -1.15. The van der Waals surface area contributed by atoms with Gasteiger partial charge in [0.25, 0.3) is 5.91 Å². The lowest BCUT2D eigenvalue weighted by Gasteiger charge is -2.11. The number of thiazole rings is 1. The SMILES string of the molecule is CC(C)CNc1nc(N)c(C(=O)NC(C)CS(C)=O)s1. The zero-order chi connectivity index (χ0) is 15.3. The summed E-state index contributed by atoms with van der Waals surface area (Å²) in [6.07, 6.45) is 1.61. The van der Waals surface area contributed by atoms with Crippen molar-refractivity contribution in [1.29, 1.82) is 0 Å². The Balaban J connectivity index is 2.66. The number of nitrogens with one attached hydrogen (secondary N) is 2. The van der Waals surface area contributed by atoms with Crippen LogP contribution >= 0.6 is 11.3 Å². The number of nitrogens with two attached hydrogens (primary N) is 1. The van der Waals surface area contributed by atoms with E-state index in [1.165, 1.54) is 11.3 Å². The topological polar surface area (TPSA) is 97.1 Å². The van der Waals surface area contributed by atoms with Gasteiger partial charge in [0.15, 0.2) is 5.13 Å². The highest BCUT2D eigenvalue weighted by atomic mass is 32.2. The van der Waals surface area contributed by atoms with Gasteiger partial charge in [0.1, 0.15) is 10.7 Å². The number of aromatic nitrogens is 1. The van der Waals surface area contributed by atoms with E-state index in [-0.39, 0.29) is 17.8 Å². The zero-order valence-corrected chi connectivity index (χ0v) is 13.9. The fourth-order valence-electron chi connectivity index (χ4n) is 1.54. The van der Waals surface area contributed by atoms with Gasteiger partial charge < -0.3 is 16.4 Å². The second kappa shape index (κ2) is 7.58. The maximum atomic E-state index is 12.1. The van der Waals surface area contributed by atoms with Crippen molar-refractivity contribution in [3.05, 3.63) is 4.88 Å². The molecule has 0 fully saturated rings. The molecule has 0 bridgehead atoms. The van der Waals surface area contributed by atoms with Gasteiger partial charge in [-0.15, -0.1) is 0 Å². The van der Waals surface area contributed by atoms with Gasteiger partial charge in [-0.1, -0.05) is 25.2 Å². The van der Waals surface area contributed by atoms with Crippen molar-refractivity contribution in [2.24, 2.45) is 5.92 Å². The lowest BCUT2D eigenvalue weighted by molar-refractivity contribution is 0.0948. The summed E-state index contributed by atoms with van der Waals surface area (Å²) < 4.78 is 11.1. The molecule has 4 N–H and O–H groups in total. The minimum Gasteiger partial charge on any atom is -0.382 e. The molecule has 0 radical (unpaired) electrons. The number of carbonyl (C=O) groups excluding carboxylic acids is 1. The van der Waals surface area contributed by atoms with Gasteiger partial charge in [0.2, 0.25) is 0 Å². The predicted octanol–water partition coefficient (Wildman–Crippen LogP) is 1.29. The van der Waals surface area contributed by atoms with E-state index in [2.05, 4.69) is 29.5 Å². The van der Waals surface area contributed by atoms with Gasteiger partial charge in [-0.25, -0.2) is 4.98 Å². The molecule has 0 aliphatic heterocycles. The van der Waals surface area contributed by atoms with Crippen LogP contribution in [0, 0.1) is 5.92 Å². The summed E-state index contributed by atoms with van der Waals surface area (Å²) in [5, 5.41) is 6.57. The molecule has 0 saturated heterocycles. The Morgan fingerprint density at radius 2 is 2.10 bits per heavy atom. The van der Waals surface area contributed by atoms with Crippen molar-refractivity contribution in [2.45, 2.75) is 26.8 Å². The van der Waals surface area contributed by atoms with E-state index in [1.54, 1.807) is 6.26 Å². The fourth-order valence-corrected chi connectivity index (χ4v) is 3.13. The molecule has 0 aliphatic rings. The molecule has 1 amide bonds. The summed E-state index contributed by atoms with van der Waals surface area (Å²) >= 11 is 1.24. The fraction of sp³-hybridized carbons (Fsp3) is 0.667. The Labute approximate surface area is 126 Å². The van der Waals surface area contributed by atoms with E-state index in [4.69, 9.17) is 5.73 Å². The minimum absolute atomic E-state index is 0.165. The van der Waals surface area contributed by atoms with Gasteiger partial charge in [0.05, 0.1) is 0 Å². The average molecular weight is 318 g/mol. The number of rotatable bonds is 7. The molecule has 2 unspecified atom stereocenters. The minimum atomic E-state index is -0.947. The molecular formula is C12H22N4O2S2. The Morgan fingerprint density at radius 1 is 1.45 bits per heavy atom. The summed E-state index contributed by atoms with van der Waals surface area (Å²) in [5.74, 6) is 0.860. The predicted molar refractivity (Wildman–Crippen MR) is 85.7 cm³/mol. The number of hydrogen-bond donors (Lipinski definition) is 3. The van der Waals surface area contributed by atoms with Gasteiger partial charge >= 0.3 is 0 Å². The van der Waals surface area contributed by atoms with Crippen LogP contribution < -0.4 is 16.4 Å². The van der Waals surface area contributed by atoms with Crippen LogP contribution in [0.5, 0.6) is 0 Å². The van der Waals surface area contributed by atoms with Crippen molar-refractivity contribution >= 4 is 39.0 Å². The van der Waals surface area contributed by atoms with Crippen molar-refractivity contribution in [1.82, 2.24) is 10.3 Å². The van der Waals surface area contributed by atoms with Crippen LogP contribution in [0.25, 0.3) is 0 Å². The van der Waals surface area contributed by atoms with Crippen LogP contribution in [0.15, 0.2) is 0 Å². The second-order valence-corrected chi connectivity index (χ2v) is 7.60. The van der Waals surface area contributed by atoms with Crippen LogP contribution in [-0.2, 0) is 10.8 Å². The van der Waals surface area contributed by atoms with Crippen LogP contribution in [0.1, 0.15) is 30.4 Å². The normalized spacial score (nSPS) is 14.1. The summed E-state index contributed by atoms with van der Waals surface area (Å²) in [4.78, 5) is 16.6. The third kappa shape index (κ3) is 5.46. The van der Waals surface area contributed by atoms with E-state index in [1.807, 2.05) is 6.92 Å². The summed E-state index contributed by atoms with van der Waals surface area (Å²) in [6, 6.07) is -0.165. The number of anilines is 2. The molecule has 1 aromatic rings. The Kier molecular flexibility index (Phi) is 6.41. The molecule has 8 heteroatoms. The first-order chi connectivity index (χ1) is 9.29. The molecule has 0 aromatic carbocycles. The molecule has 1 rings (SSSR count). The van der Waals surface area contributed by atoms with Crippen LogP contribution in [0.4, 0.5) is 10.9 Å². The first-order valence-corrected chi connectivity index (χ1v) is 8.95. The first-order valence-electron chi connectivity index (χ1n) is 6.40. The Bertz CT molecular complexity index is 488. The number of carbonyl (C=O) groups is 1. The van der Waals surface area contributed by atoms with Crippen molar-refractivity contribution in [3.63, 3.8) is 0 Å². The van der Waals surface area contributed by atoms with Gasteiger partial charge in [0, 0.05) is 35.4 Å². The highest BCUT2D eigenvalue weighted by Crippen LogP contribution is 2.25. The van der Waals surface area contributed by atoms with Crippen LogP contribution in [0.3, 0.4) is 0 Å². The molecule has 0 spiro atoms. The first kappa shape index (κ1) is 16.9. The largest absolute Gasteiger partial charge is 0.382 e. The molecule has 2 atom stereocenters. The summed E-state index contributed by atoms with van der Waals surface area (Å²) in [7, 11) is -0.947. The molecule has 6 nitrogen and oxygen atoms in total. The number of amides is 1. The highest BCUT2D eigenvalue weighted by molar-refractivity contribution is 7.84. The van der Waals surface area contributed by atoms with E-state index in [0.717, 1.165) is 6.54 Å². The van der Waals surface area contributed by atoms with Crippen molar-refractivity contribution in [2.75, 3.05) is 29.6 Å². The van der Waals surface area contributed by atoms with E-state index < -0.39 is 10.8 Å². The summed E-state index contributed by atoms with van der Waals surface area (Å²) in [6.45, 7) is 6.77. The molecule has 114 valence electrons. The third-order valence-corrected chi connectivity index (χ3v) is 4.38. The van der Waals surface area contributed by atoms with E-state index in [0.29, 0.717) is 21.7 Å². The second-order valence-electron chi connectivity index (χ2n) is 5.12. The molecule has 20 heavy (non-hydrogen) atoms. The Morgan fingerprint density at radius 3 is 2.65 bits per heavy atom. The quantitative estimate of drug-likeness (QED) is 0.704. The maximum absolute atomic E-state index is 12.1. The number of hydrogen-bond acceptors (Lipinski definition) is 6. The summed E-state index contributed by atoms with van der Waals surface area (Å²) in [5.41, 5.74) is 5.76. The smallest absolute Gasteiger partial charge is 0.265 e. The van der Waals surface area contributed by atoms with E-state index >= 15 is 0 Å². The van der Waals surface area contributed by atoms with Crippen molar-refractivity contribution in [3.8, 4) is 0 Å². The lowest BCUT2D eigenvalue weighted by atomic mass is 10.2. The average Bonchev–Trinajstić information content (AvgIpc) is 2.66. The molecule has 1 aromatic heterocycles. The standard InChI is InChI=1S/C12H22N4O2S2/c1-7(2)5-14-12-16-10(13)9(19-12)11(17)15-8(3)6-20(4)18/h7-8H,5-6,13H2,1-4H3,(H,14,16)(H,15,17). The van der Waals surface area contributed by atoms with Crippen LogP contribution in [-0.4, -0.2) is 39.7 Å². The van der Waals surface area contributed by atoms with Crippen LogP contribution in [0.2, 0.25) is 0 Å². The lowest BCUT2D eigenvalue weighted by Crippen LogP contribution is -2.36. The molecule has 0 aliphatic carbocycles. The van der Waals surface area contributed by atoms with Gasteiger partial charge in [-0.3, -0.25) is 9.00 Å². The number of nitrogen functional groups attached to an aromatic ring is 1. The molecule has 0 saturated carbocycles. The van der Waals surface area contributed by atoms with Gasteiger partial charge in [-0.2, -0.15) is 0 Å². The third-order valence-electron chi connectivity index (χ3n) is 2.38. The van der Waals surface area contributed by atoms with E-state index in [9.17, 15) is 9.00 Å². The van der Waals surface area contributed by atoms with Crippen molar-refractivity contribution < 1.29 is 9.00 Å². The number of nitrogens with zero attached hydrogens (tertiary/aromatic N) is 1. The highest BCUT2D eigenvalue weighted by Gasteiger charge is 2.18. The molecule has 1 heterocycles. The van der Waals surface area contributed by atoms with Gasteiger partial charge in [-0.05, 0) is 12.8 Å². The zero-order valence-electron chi connectivity index (χ0n) is 12.2. The maximum Gasteiger partial charge on any atom is 0.265 e. The molecular weight excluding hydrogens is 296 g/mol. The monoisotopic (exact) mass is 318 g/mol.